The molecular weight excluding hydrogens is 404 g/mol. The van der Waals surface area contributed by atoms with Crippen LogP contribution in [0.1, 0.15) is 15.9 Å². The molecule has 6 nitrogen and oxygen atoms in total. The number of benzene rings is 3. The van der Waals surface area contributed by atoms with Gasteiger partial charge < -0.3 is 19.2 Å². The highest BCUT2D eigenvalue weighted by molar-refractivity contribution is 6.10. The summed E-state index contributed by atoms with van der Waals surface area (Å²) >= 11 is 0. The molecule has 1 N–H and O–H groups in total. The number of carbonyl (C=O) groups is 1. The molecule has 0 aliphatic carbocycles. The number of amides is 1. The first-order valence-corrected chi connectivity index (χ1v) is 10.1. The van der Waals surface area contributed by atoms with E-state index < -0.39 is 0 Å². The second kappa shape index (κ2) is 8.43. The van der Waals surface area contributed by atoms with E-state index in [1.54, 1.807) is 49.8 Å². The number of rotatable bonds is 6. The van der Waals surface area contributed by atoms with Gasteiger partial charge in [0.2, 0.25) is 0 Å². The summed E-state index contributed by atoms with van der Waals surface area (Å²) in [6.45, 7) is 0.433. The topological polar surface area (TPSA) is 73.6 Å². The molecule has 0 fully saturated rings. The standard InChI is InChI=1S/C26H20N2O4/c1-30-25-14-21-20-4-2-3-5-23(20)32-24(21)15-22(25)28-26(29)18-6-8-19(9-7-18)31-16-17-10-12-27-13-11-17/h2-15H,16H2,1H3,(H,28,29). The smallest absolute Gasteiger partial charge is 0.255 e. The number of hydrogen-bond donors (Lipinski definition) is 1. The number of pyridine rings is 1. The van der Waals surface area contributed by atoms with Crippen molar-refractivity contribution in [3.63, 3.8) is 0 Å². The van der Waals surface area contributed by atoms with Crippen LogP contribution in [0.2, 0.25) is 0 Å². The molecule has 1 amide bonds. The molecule has 0 aliphatic heterocycles. The van der Waals surface area contributed by atoms with Crippen LogP contribution in [0.4, 0.5) is 5.69 Å². The van der Waals surface area contributed by atoms with Gasteiger partial charge in [0, 0.05) is 34.8 Å². The average molecular weight is 424 g/mol. The minimum absolute atomic E-state index is 0.251. The van der Waals surface area contributed by atoms with Crippen molar-refractivity contribution in [2.75, 3.05) is 12.4 Å². The number of fused-ring (bicyclic) bond motifs is 3. The SMILES string of the molecule is COc1cc2c(cc1NC(=O)c1ccc(OCc3ccncc3)cc1)oc1ccccc12. The third kappa shape index (κ3) is 3.86. The third-order valence-corrected chi connectivity index (χ3v) is 5.22. The van der Waals surface area contributed by atoms with Gasteiger partial charge >= 0.3 is 0 Å². The molecule has 2 aromatic heterocycles. The third-order valence-electron chi connectivity index (χ3n) is 5.22. The fraction of sp³-hybridized carbons (Fsp3) is 0.0769. The van der Waals surface area contributed by atoms with Gasteiger partial charge in [-0.3, -0.25) is 9.78 Å². The zero-order valence-corrected chi connectivity index (χ0v) is 17.4. The lowest BCUT2D eigenvalue weighted by molar-refractivity contribution is 0.102. The lowest BCUT2D eigenvalue weighted by Gasteiger charge is -2.11. The van der Waals surface area contributed by atoms with Crippen molar-refractivity contribution >= 4 is 33.5 Å². The summed E-state index contributed by atoms with van der Waals surface area (Å²) in [5, 5.41) is 4.86. The summed E-state index contributed by atoms with van der Waals surface area (Å²) < 4.78 is 17.2. The Bertz CT molecular complexity index is 1390. The monoisotopic (exact) mass is 424 g/mol. The van der Waals surface area contributed by atoms with Crippen molar-refractivity contribution < 1.29 is 18.7 Å². The van der Waals surface area contributed by atoms with Crippen molar-refractivity contribution in [1.82, 2.24) is 4.98 Å². The number of anilines is 1. The molecule has 0 bridgehead atoms. The first-order chi connectivity index (χ1) is 15.7. The second-order valence-corrected chi connectivity index (χ2v) is 7.27. The van der Waals surface area contributed by atoms with Crippen molar-refractivity contribution in [1.29, 1.82) is 0 Å². The van der Waals surface area contributed by atoms with Crippen LogP contribution in [0.15, 0.2) is 89.6 Å². The molecule has 0 radical (unpaired) electrons. The summed E-state index contributed by atoms with van der Waals surface area (Å²) in [5.41, 5.74) is 3.54. The molecule has 5 rings (SSSR count). The molecule has 3 aromatic carbocycles. The lowest BCUT2D eigenvalue weighted by atomic mass is 10.1. The molecule has 6 heteroatoms. The zero-order chi connectivity index (χ0) is 21.9. The Kier molecular flexibility index (Phi) is 5.17. The zero-order valence-electron chi connectivity index (χ0n) is 17.4. The van der Waals surface area contributed by atoms with Crippen LogP contribution >= 0.6 is 0 Å². The van der Waals surface area contributed by atoms with E-state index in [0.29, 0.717) is 34.9 Å². The van der Waals surface area contributed by atoms with Crippen molar-refractivity contribution in [3.8, 4) is 11.5 Å². The minimum Gasteiger partial charge on any atom is -0.495 e. The fourth-order valence-electron chi connectivity index (χ4n) is 3.56. The Hall–Kier alpha value is -4.32. The van der Waals surface area contributed by atoms with Crippen LogP contribution in [0.3, 0.4) is 0 Å². The van der Waals surface area contributed by atoms with Gasteiger partial charge in [-0.2, -0.15) is 0 Å². The molecule has 5 aromatic rings. The summed E-state index contributed by atoms with van der Waals surface area (Å²) in [7, 11) is 1.58. The molecular formula is C26H20N2O4. The number of para-hydroxylation sites is 1. The predicted octanol–water partition coefficient (Wildman–Crippen LogP) is 5.82. The van der Waals surface area contributed by atoms with Crippen LogP contribution < -0.4 is 14.8 Å². The van der Waals surface area contributed by atoms with Gasteiger partial charge in [0.1, 0.15) is 29.3 Å². The molecule has 0 unspecified atom stereocenters. The van der Waals surface area contributed by atoms with E-state index in [1.165, 1.54) is 0 Å². The maximum absolute atomic E-state index is 12.8. The van der Waals surface area contributed by atoms with Gasteiger partial charge in [-0.15, -0.1) is 0 Å². The van der Waals surface area contributed by atoms with Crippen molar-refractivity contribution in [2.45, 2.75) is 6.61 Å². The number of carbonyl (C=O) groups excluding carboxylic acids is 1. The van der Waals surface area contributed by atoms with Gasteiger partial charge in [-0.1, -0.05) is 18.2 Å². The fourth-order valence-corrected chi connectivity index (χ4v) is 3.56. The van der Waals surface area contributed by atoms with E-state index in [4.69, 9.17) is 13.9 Å². The highest BCUT2D eigenvalue weighted by Gasteiger charge is 2.15. The Morgan fingerprint density at radius 2 is 1.72 bits per heavy atom. The highest BCUT2D eigenvalue weighted by Crippen LogP contribution is 2.36. The quantitative estimate of drug-likeness (QED) is 0.372. The number of methoxy groups -OCH3 is 1. The number of furan rings is 1. The van der Waals surface area contributed by atoms with Crippen molar-refractivity contribution in [3.05, 3.63) is 96.3 Å². The molecule has 2 heterocycles. The Balaban J connectivity index is 1.34. The minimum atomic E-state index is -0.251. The highest BCUT2D eigenvalue weighted by atomic mass is 16.5. The molecule has 32 heavy (non-hydrogen) atoms. The number of hydrogen-bond acceptors (Lipinski definition) is 5. The van der Waals surface area contributed by atoms with E-state index >= 15 is 0 Å². The van der Waals surface area contributed by atoms with Crippen LogP contribution in [0, 0.1) is 0 Å². The van der Waals surface area contributed by atoms with Gasteiger partial charge in [-0.25, -0.2) is 0 Å². The number of nitrogens with zero attached hydrogens (tertiary/aromatic N) is 1. The molecule has 0 saturated carbocycles. The van der Waals surface area contributed by atoms with Gasteiger partial charge in [0.25, 0.3) is 5.91 Å². The van der Waals surface area contributed by atoms with Crippen LogP contribution in [-0.4, -0.2) is 18.0 Å². The normalized spacial score (nSPS) is 10.9. The Labute approximate surface area is 184 Å². The molecule has 0 spiro atoms. The average Bonchev–Trinajstić information content (AvgIpc) is 3.20. The van der Waals surface area contributed by atoms with Crippen LogP contribution in [-0.2, 0) is 6.61 Å². The Morgan fingerprint density at radius 3 is 2.50 bits per heavy atom. The molecule has 0 saturated heterocycles. The molecule has 0 aliphatic rings. The summed E-state index contributed by atoms with van der Waals surface area (Å²) in [6, 6.07) is 22.3. The second-order valence-electron chi connectivity index (χ2n) is 7.27. The summed E-state index contributed by atoms with van der Waals surface area (Å²) in [6.07, 6.45) is 3.45. The van der Waals surface area contributed by atoms with E-state index in [1.807, 2.05) is 42.5 Å². The molecule has 158 valence electrons. The van der Waals surface area contributed by atoms with E-state index in [-0.39, 0.29) is 5.91 Å². The Morgan fingerprint density at radius 1 is 0.938 bits per heavy atom. The molecule has 0 atom stereocenters. The largest absolute Gasteiger partial charge is 0.495 e. The van der Waals surface area contributed by atoms with Gasteiger partial charge in [0.05, 0.1) is 12.8 Å². The summed E-state index contributed by atoms with van der Waals surface area (Å²) in [4.78, 5) is 16.8. The maximum Gasteiger partial charge on any atom is 0.255 e. The van der Waals surface area contributed by atoms with Crippen LogP contribution in [0.5, 0.6) is 11.5 Å². The number of nitrogens with one attached hydrogen (secondary N) is 1. The summed E-state index contributed by atoms with van der Waals surface area (Å²) in [5.74, 6) is 0.994. The van der Waals surface area contributed by atoms with E-state index in [0.717, 1.165) is 21.9 Å². The van der Waals surface area contributed by atoms with E-state index in [2.05, 4.69) is 10.3 Å². The first-order valence-electron chi connectivity index (χ1n) is 10.1. The first kappa shape index (κ1) is 19.6. The van der Waals surface area contributed by atoms with Gasteiger partial charge in [0.15, 0.2) is 0 Å². The number of aromatic nitrogens is 1. The van der Waals surface area contributed by atoms with E-state index in [9.17, 15) is 4.79 Å². The van der Waals surface area contributed by atoms with Crippen molar-refractivity contribution in [2.24, 2.45) is 0 Å². The maximum atomic E-state index is 12.8. The van der Waals surface area contributed by atoms with Gasteiger partial charge in [-0.05, 0) is 54.1 Å². The predicted molar refractivity (Wildman–Crippen MR) is 123 cm³/mol. The van der Waals surface area contributed by atoms with Crippen LogP contribution in [0.25, 0.3) is 21.9 Å². The lowest BCUT2D eigenvalue weighted by Crippen LogP contribution is -2.12. The number of ether oxygens (including phenoxy) is 2.